The number of aromatic nitrogens is 1. The maximum absolute atomic E-state index is 12.6. The molecule has 2 aromatic carbocycles. The molecule has 0 unspecified atom stereocenters. The molecule has 1 aromatic heterocycles. The molecule has 1 aliphatic rings. The minimum absolute atomic E-state index is 0.0881. The third-order valence-corrected chi connectivity index (χ3v) is 5.01. The molecule has 4 rings (SSSR count). The number of nitrogens with one attached hydrogen (secondary N) is 2. The zero-order valence-corrected chi connectivity index (χ0v) is 16.4. The normalized spacial score (nSPS) is 17.6. The summed E-state index contributed by atoms with van der Waals surface area (Å²) < 4.78 is 6.63. The molecule has 0 spiro atoms. The molecule has 0 saturated carbocycles. The molecule has 5 N–H and O–H groups in total. The molecule has 156 valence electrons. The number of nitrogens with two attached hydrogens (primary N) is 1. The van der Waals surface area contributed by atoms with Crippen LogP contribution in [-0.4, -0.2) is 40.2 Å². The van der Waals surface area contributed by atoms with Gasteiger partial charge in [0.15, 0.2) is 5.88 Å². The number of methoxy groups -OCH3 is 1. The highest BCUT2D eigenvalue weighted by Crippen LogP contribution is 2.31. The Morgan fingerprint density at radius 2 is 1.97 bits per heavy atom. The maximum atomic E-state index is 12.6. The fourth-order valence-corrected chi connectivity index (χ4v) is 3.36. The van der Waals surface area contributed by atoms with E-state index in [1.54, 1.807) is 36.5 Å². The van der Waals surface area contributed by atoms with E-state index in [2.05, 4.69) is 22.5 Å². The Balaban J connectivity index is 1.72. The SMILES string of the molecule is COc1ccc2cn(C[C@@]3(C#Cc4ccc(C(N)=O)cc4)NC(=O)NC3=O)c(O)c2c1. The van der Waals surface area contributed by atoms with E-state index in [-0.39, 0.29) is 12.4 Å². The number of rotatable bonds is 4. The zero-order chi connectivity index (χ0) is 22.2. The minimum Gasteiger partial charge on any atom is -0.497 e. The number of imide groups is 1. The molecular weight excluding hydrogens is 400 g/mol. The van der Waals surface area contributed by atoms with Gasteiger partial charge in [0.2, 0.25) is 11.4 Å². The van der Waals surface area contributed by atoms with Crippen molar-refractivity contribution in [1.82, 2.24) is 15.2 Å². The number of carbonyl (C=O) groups is 3. The van der Waals surface area contributed by atoms with Gasteiger partial charge < -0.3 is 25.5 Å². The Bertz CT molecular complexity index is 1280. The topological polar surface area (TPSA) is 136 Å². The number of amides is 4. The van der Waals surface area contributed by atoms with Gasteiger partial charge in [0, 0.05) is 28.1 Å². The van der Waals surface area contributed by atoms with Crippen LogP contribution in [0.2, 0.25) is 0 Å². The maximum Gasteiger partial charge on any atom is 0.323 e. The monoisotopic (exact) mass is 418 g/mol. The number of benzene rings is 2. The second kappa shape index (κ2) is 7.42. The molecule has 9 heteroatoms. The van der Waals surface area contributed by atoms with Gasteiger partial charge in [-0.25, -0.2) is 4.79 Å². The number of carbonyl (C=O) groups excluding carboxylic acids is 3. The Morgan fingerprint density at radius 1 is 1.23 bits per heavy atom. The van der Waals surface area contributed by atoms with Crippen LogP contribution in [0.3, 0.4) is 0 Å². The van der Waals surface area contributed by atoms with Gasteiger partial charge in [-0.3, -0.25) is 14.9 Å². The fourth-order valence-electron chi connectivity index (χ4n) is 3.36. The quantitative estimate of drug-likeness (QED) is 0.371. The van der Waals surface area contributed by atoms with Crippen LogP contribution in [0.1, 0.15) is 15.9 Å². The first-order chi connectivity index (χ1) is 14.8. The van der Waals surface area contributed by atoms with Crippen molar-refractivity contribution in [2.45, 2.75) is 12.1 Å². The molecule has 31 heavy (non-hydrogen) atoms. The van der Waals surface area contributed by atoms with Gasteiger partial charge >= 0.3 is 6.03 Å². The molecule has 3 aromatic rings. The van der Waals surface area contributed by atoms with Crippen molar-refractivity contribution in [1.29, 1.82) is 0 Å². The van der Waals surface area contributed by atoms with Crippen molar-refractivity contribution in [2.24, 2.45) is 5.73 Å². The van der Waals surface area contributed by atoms with Crippen molar-refractivity contribution in [3.63, 3.8) is 0 Å². The van der Waals surface area contributed by atoms with E-state index in [9.17, 15) is 19.5 Å². The molecule has 1 atom stereocenters. The molecule has 2 heterocycles. The van der Waals surface area contributed by atoms with Crippen molar-refractivity contribution in [3.8, 4) is 23.5 Å². The lowest BCUT2D eigenvalue weighted by molar-refractivity contribution is -0.122. The lowest BCUT2D eigenvalue weighted by Crippen LogP contribution is -2.49. The molecule has 0 aliphatic carbocycles. The van der Waals surface area contributed by atoms with E-state index in [1.165, 1.54) is 23.8 Å². The van der Waals surface area contributed by atoms with E-state index < -0.39 is 23.4 Å². The highest BCUT2D eigenvalue weighted by atomic mass is 16.5. The van der Waals surface area contributed by atoms with Crippen LogP contribution in [0, 0.1) is 11.8 Å². The number of aromatic hydroxyl groups is 1. The van der Waals surface area contributed by atoms with E-state index in [0.717, 1.165) is 5.39 Å². The van der Waals surface area contributed by atoms with Crippen LogP contribution in [-0.2, 0) is 11.3 Å². The smallest absolute Gasteiger partial charge is 0.323 e. The third-order valence-electron chi connectivity index (χ3n) is 5.01. The second-order valence-electron chi connectivity index (χ2n) is 7.04. The zero-order valence-electron chi connectivity index (χ0n) is 16.4. The number of fused-ring (bicyclic) bond motifs is 1. The molecular formula is C22H18N4O5. The van der Waals surface area contributed by atoms with E-state index >= 15 is 0 Å². The van der Waals surface area contributed by atoms with E-state index in [0.29, 0.717) is 22.3 Å². The van der Waals surface area contributed by atoms with Crippen LogP contribution < -0.4 is 21.1 Å². The minimum atomic E-state index is -1.60. The van der Waals surface area contributed by atoms with Gasteiger partial charge in [-0.05, 0) is 42.5 Å². The number of primary amides is 1. The number of nitrogens with zero attached hydrogens (tertiary/aromatic N) is 1. The summed E-state index contributed by atoms with van der Waals surface area (Å²) in [6.45, 7) is -0.125. The predicted octanol–water partition coefficient (Wildman–Crippen LogP) is 1.08. The molecule has 1 saturated heterocycles. The Labute approximate surface area is 176 Å². The number of urea groups is 1. The summed E-state index contributed by atoms with van der Waals surface area (Å²) in [5, 5.41) is 16.7. The molecule has 4 amide bonds. The molecule has 0 radical (unpaired) electrons. The van der Waals surface area contributed by atoms with Gasteiger partial charge in [-0.1, -0.05) is 11.8 Å². The third kappa shape index (κ3) is 3.62. The first-order valence-electron chi connectivity index (χ1n) is 9.24. The summed E-state index contributed by atoms with van der Waals surface area (Å²) in [6, 6.07) is 10.7. The molecule has 0 bridgehead atoms. The van der Waals surface area contributed by atoms with Crippen LogP contribution in [0.25, 0.3) is 10.8 Å². The lowest BCUT2D eigenvalue weighted by Gasteiger charge is -2.20. The van der Waals surface area contributed by atoms with Crippen molar-refractivity contribution in [3.05, 3.63) is 59.8 Å². The Morgan fingerprint density at radius 3 is 2.58 bits per heavy atom. The number of ether oxygens (including phenoxy) is 1. The fraction of sp³-hybridized carbons (Fsp3) is 0.136. The lowest BCUT2D eigenvalue weighted by atomic mass is 9.99. The Hall–Kier alpha value is -4.45. The van der Waals surface area contributed by atoms with Gasteiger partial charge in [-0.2, -0.15) is 0 Å². The summed E-state index contributed by atoms with van der Waals surface area (Å²) in [7, 11) is 1.52. The standard InChI is InChI=1S/C22H18N4O5/c1-31-16-7-6-15-11-26(19(28)17(15)10-16)12-22(20(29)24-21(30)25-22)9-8-13-2-4-14(5-3-13)18(23)27/h2-7,10-11,28H,12H2,1H3,(H2,23,27)(H2,24,25,29,30)/t22-/m1/s1. The van der Waals surface area contributed by atoms with E-state index in [1.807, 2.05) is 0 Å². The summed E-state index contributed by atoms with van der Waals surface area (Å²) in [6.07, 6.45) is 1.66. The van der Waals surface area contributed by atoms with Gasteiger partial charge in [0.25, 0.3) is 5.91 Å². The summed E-state index contributed by atoms with van der Waals surface area (Å²) >= 11 is 0. The largest absolute Gasteiger partial charge is 0.497 e. The highest BCUT2D eigenvalue weighted by molar-refractivity contribution is 6.09. The summed E-state index contributed by atoms with van der Waals surface area (Å²) in [4.78, 5) is 35.7. The van der Waals surface area contributed by atoms with Crippen molar-refractivity contribution < 1.29 is 24.2 Å². The first kappa shape index (κ1) is 19.8. The second-order valence-corrected chi connectivity index (χ2v) is 7.04. The van der Waals surface area contributed by atoms with Gasteiger partial charge in [0.1, 0.15) is 5.75 Å². The highest BCUT2D eigenvalue weighted by Gasteiger charge is 2.46. The molecule has 1 fully saturated rings. The van der Waals surface area contributed by atoms with Crippen LogP contribution in [0.5, 0.6) is 11.6 Å². The molecule has 9 nitrogen and oxygen atoms in total. The van der Waals surface area contributed by atoms with Crippen LogP contribution in [0.4, 0.5) is 4.79 Å². The van der Waals surface area contributed by atoms with Crippen molar-refractivity contribution >= 4 is 28.6 Å². The van der Waals surface area contributed by atoms with Crippen LogP contribution >= 0.6 is 0 Å². The first-order valence-corrected chi connectivity index (χ1v) is 9.24. The average molecular weight is 418 g/mol. The Kier molecular flexibility index (Phi) is 4.75. The van der Waals surface area contributed by atoms with Crippen molar-refractivity contribution in [2.75, 3.05) is 7.11 Å². The van der Waals surface area contributed by atoms with Gasteiger partial charge in [0.05, 0.1) is 13.7 Å². The summed E-state index contributed by atoms with van der Waals surface area (Å²) in [5.41, 5.74) is 4.48. The number of hydrogen-bond donors (Lipinski definition) is 4. The van der Waals surface area contributed by atoms with Gasteiger partial charge in [-0.15, -0.1) is 0 Å². The number of hydrogen-bond acceptors (Lipinski definition) is 5. The molecule has 1 aliphatic heterocycles. The predicted molar refractivity (Wildman–Crippen MR) is 111 cm³/mol. The summed E-state index contributed by atoms with van der Waals surface area (Å²) in [5.74, 6) is 4.95. The van der Waals surface area contributed by atoms with E-state index in [4.69, 9.17) is 10.5 Å². The van der Waals surface area contributed by atoms with Crippen LogP contribution in [0.15, 0.2) is 48.7 Å². The average Bonchev–Trinajstić information content (AvgIpc) is 3.21.